The lowest BCUT2D eigenvalue weighted by molar-refractivity contribution is -0.112. The summed E-state index contributed by atoms with van der Waals surface area (Å²) in [5, 5.41) is 9.27. The van der Waals surface area contributed by atoms with Crippen LogP contribution in [0.15, 0.2) is 72.8 Å². The highest BCUT2D eigenvalue weighted by molar-refractivity contribution is 6.35. The smallest absolute Gasteiger partial charge is 0.258 e. The Balaban J connectivity index is 1.67. The Morgan fingerprint density at radius 2 is 1.72 bits per heavy atom. The fourth-order valence-corrected chi connectivity index (χ4v) is 3.56. The molecular formula is C25H20N2O2. The van der Waals surface area contributed by atoms with Gasteiger partial charge in [0.1, 0.15) is 12.4 Å². The Labute approximate surface area is 170 Å². The molecule has 142 valence electrons. The number of nitriles is 1. The highest BCUT2D eigenvalue weighted by Gasteiger charge is 2.30. The third-order valence-electron chi connectivity index (χ3n) is 5.02. The number of hydrogen-bond acceptors (Lipinski definition) is 3. The SMILES string of the molecule is CCN1C(=O)/C(=C\c2ccccc2OCc2ccccc2C#N)c2ccccc21. The van der Waals surface area contributed by atoms with Crippen LogP contribution in [0.2, 0.25) is 0 Å². The Morgan fingerprint density at radius 3 is 2.55 bits per heavy atom. The molecule has 0 bridgehead atoms. The van der Waals surface area contributed by atoms with Crippen LogP contribution in [0.5, 0.6) is 5.75 Å². The van der Waals surface area contributed by atoms with E-state index >= 15 is 0 Å². The normalized spacial score (nSPS) is 14.0. The average molecular weight is 380 g/mol. The van der Waals surface area contributed by atoms with Crippen molar-refractivity contribution in [3.8, 4) is 11.8 Å². The molecule has 3 aromatic rings. The predicted octanol–water partition coefficient (Wildman–Crippen LogP) is 5.04. The lowest BCUT2D eigenvalue weighted by Crippen LogP contribution is -2.25. The maximum Gasteiger partial charge on any atom is 0.258 e. The van der Waals surface area contributed by atoms with E-state index in [4.69, 9.17) is 4.74 Å². The molecule has 0 aromatic heterocycles. The summed E-state index contributed by atoms with van der Waals surface area (Å²) in [6.07, 6.45) is 1.89. The molecule has 0 spiro atoms. The van der Waals surface area contributed by atoms with E-state index in [0.717, 1.165) is 22.4 Å². The van der Waals surface area contributed by atoms with Gasteiger partial charge in [-0.25, -0.2) is 0 Å². The lowest BCUT2D eigenvalue weighted by Gasteiger charge is -2.13. The number of likely N-dealkylation sites (N-methyl/N-ethyl adjacent to an activating group) is 1. The second-order valence-corrected chi connectivity index (χ2v) is 6.72. The van der Waals surface area contributed by atoms with E-state index in [2.05, 4.69) is 6.07 Å². The van der Waals surface area contributed by atoms with Gasteiger partial charge in [-0.15, -0.1) is 0 Å². The van der Waals surface area contributed by atoms with E-state index in [0.29, 0.717) is 23.4 Å². The van der Waals surface area contributed by atoms with E-state index in [9.17, 15) is 10.1 Å². The van der Waals surface area contributed by atoms with Crippen LogP contribution in [0, 0.1) is 11.3 Å². The number of hydrogen-bond donors (Lipinski definition) is 0. The van der Waals surface area contributed by atoms with Crippen molar-refractivity contribution in [2.24, 2.45) is 0 Å². The van der Waals surface area contributed by atoms with Crippen LogP contribution in [0.25, 0.3) is 11.6 Å². The molecule has 0 N–H and O–H groups in total. The Hall–Kier alpha value is -3.84. The zero-order valence-corrected chi connectivity index (χ0v) is 16.1. The predicted molar refractivity (Wildman–Crippen MR) is 114 cm³/mol. The van der Waals surface area contributed by atoms with Gasteiger partial charge in [-0.3, -0.25) is 4.79 Å². The van der Waals surface area contributed by atoms with Crippen molar-refractivity contribution in [3.05, 3.63) is 95.1 Å². The maximum atomic E-state index is 13.0. The van der Waals surface area contributed by atoms with Gasteiger partial charge in [-0.2, -0.15) is 5.26 Å². The molecule has 4 rings (SSSR count). The summed E-state index contributed by atoms with van der Waals surface area (Å²) >= 11 is 0. The van der Waals surface area contributed by atoms with Gasteiger partial charge in [0.15, 0.2) is 0 Å². The van der Waals surface area contributed by atoms with Gasteiger partial charge in [-0.1, -0.05) is 54.6 Å². The number of fused-ring (bicyclic) bond motifs is 1. The molecule has 1 aliphatic heterocycles. The monoisotopic (exact) mass is 380 g/mol. The minimum Gasteiger partial charge on any atom is -0.488 e. The van der Waals surface area contributed by atoms with Gasteiger partial charge in [0.2, 0.25) is 0 Å². The number of amides is 1. The first-order chi connectivity index (χ1) is 14.2. The summed E-state index contributed by atoms with van der Waals surface area (Å²) < 4.78 is 6.03. The van der Waals surface area contributed by atoms with E-state index in [1.54, 1.807) is 11.0 Å². The summed E-state index contributed by atoms with van der Waals surface area (Å²) in [6.45, 7) is 2.88. The van der Waals surface area contributed by atoms with E-state index in [1.807, 2.05) is 79.7 Å². The van der Waals surface area contributed by atoms with Crippen LogP contribution in [0.1, 0.15) is 29.2 Å². The van der Waals surface area contributed by atoms with Crippen LogP contribution < -0.4 is 9.64 Å². The molecule has 0 atom stereocenters. The molecule has 0 fully saturated rings. The minimum absolute atomic E-state index is 0.00155. The number of benzene rings is 3. The van der Waals surface area contributed by atoms with Crippen LogP contribution in [-0.2, 0) is 11.4 Å². The quantitative estimate of drug-likeness (QED) is 0.583. The molecule has 4 heteroatoms. The number of nitrogens with zero attached hydrogens (tertiary/aromatic N) is 2. The Morgan fingerprint density at radius 1 is 1.00 bits per heavy atom. The van der Waals surface area contributed by atoms with Gasteiger partial charge >= 0.3 is 0 Å². The number of carbonyl (C=O) groups excluding carboxylic acids is 1. The molecule has 29 heavy (non-hydrogen) atoms. The summed E-state index contributed by atoms with van der Waals surface area (Å²) in [7, 11) is 0. The highest BCUT2D eigenvalue weighted by atomic mass is 16.5. The first kappa shape index (κ1) is 18.5. The highest BCUT2D eigenvalue weighted by Crippen LogP contribution is 2.38. The molecule has 1 aliphatic rings. The summed E-state index contributed by atoms with van der Waals surface area (Å²) in [4.78, 5) is 14.7. The first-order valence-electron chi connectivity index (χ1n) is 9.55. The molecule has 1 amide bonds. The number of para-hydroxylation sites is 2. The molecule has 0 saturated heterocycles. The fourth-order valence-electron chi connectivity index (χ4n) is 3.56. The zero-order chi connectivity index (χ0) is 20.2. The lowest BCUT2D eigenvalue weighted by atomic mass is 10.0. The van der Waals surface area contributed by atoms with Crippen LogP contribution in [-0.4, -0.2) is 12.5 Å². The van der Waals surface area contributed by atoms with Crippen LogP contribution >= 0.6 is 0 Å². The zero-order valence-electron chi connectivity index (χ0n) is 16.1. The molecular weight excluding hydrogens is 360 g/mol. The van der Waals surface area contributed by atoms with E-state index < -0.39 is 0 Å². The second-order valence-electron chi connectivity index (χ2n) is 6.72. The van der Waals surface area contributed by atoms with E-state index in [-0.39, 0.29) is 12.5 Å². The second kappa shape index (κ2) is 8.04. The maximum absolute atomic E-state index is 13.0. The Kier molecular flexibility index (Phi) is 5.13. The molecule has 0 radical (unpaired) electrons. The topological polar surface area (TPSA) is 53.3 Å². The minimum atomic E-state index is -0.00155. The largest absolute Gasteiger partial charge is 0.488 e. The van der Waals surface area contributed by atoms with Gasteiger partial charge in [0, 0.05) is 28.8 Å². The molecule has 0 saturated carbocycles. The van der Waals surface area contributed by atoms with Crippen molar-refractivity contribution in [2.45, 2.75) is 13.5 Å². The number of rotatable bonds is 5. The molecule has 0 unspecified atom stereocenters. The van der Waals surface area contributed by atoms with Gasteiger partial charge < -0.3 is 9.64 Å². The van der Waals surface area contributed by atoms with E-state index in [1.165, 1.54) is 0 Å². The van der Waals surface area contributed by atoms with Crippen molar-refractivity contribution < 1.29 is 9.53 Å². The van der Waals surface area contributed by atoms with Crippen molar-refractivity contribution in [1.82, 2.24) is 0 Å². The van der Waals surface area contributed by atoms with Crippen molar-refractivity contribution in [2.75, 3.05) is 11.4 Å². The average Bonchev–Trinajstić information content (AvgIpc) is 3.04. The van der Waals surface area contributed by atoms with Gasteiger partial charge in [0.25, 0.3) is 5.91 Å². The number of ether oxygens (including phenoxy) is 1. The van der Waals surface area contributed by atoms with Gasteiger partial charge in [0.05, 0.1) is 17.3 Å². The fraction of sp³-hybridized carbons (Fsp3) is 0.120. The number of carbonyl (C=O) groups is 1. The van der Waals surface area contributed by atoms with Crippen LogP contribution in [0.4, 0.5) is 5.69 Å². The third kappa shape index (κ3) is 3.51. The summed E-state index contributed by atoms with van der Waals surface area (Å²) in [5.74, 6) is 0.673. The van der Waals surface area contributed by atoms with Crippen LogP contribution in [0.3, 0.4) is 0 Å². The molecule has 0 aliphatic carbocycles. The van der Waals surface area contributed by atoms with Gasteiger partial charge in [-0.05, 0) is 31.2 Å². The first-order valence-corrected chi connectivity index (χ1v) is 9.55. The molecule has 3 aromatic carbocycles. The molecule has 4 nitrogen and oxygen atoms in total. The van der Waals surface area contributed by atoms with Crippen molar-refractivity contribution in [3.63, 3.8) is 0 Å². The molecule has 1 heterocycles. The van der Waals surface area contributed by atoms with Crippen molar-refractivity contribution in [1.29, 1.82) is 5.26 Å². The standard InChI is InChI=1S/C25H20N2O2/c1-2-27-23-13-7-6-12-21(23)22(25(27)28)15-18-9-5-8-14-24(18)29-17-20-11-4-3-10-19(20)16-26/h3-15H,2,17H2,1H3/b22-15-. The summed E-state index contributed by atoms with van der Waals surface area (Å²) in [6, 6.07) is 25.0. The third-order valence-corrected chi connectivity index (χ3v) is 5.02. The summed E-state index contributed by atoms with van der Waals surface area (Å²) in [5.41, 5.74) is 4.80. The number of anilines is 1. The van der Waals surface area contributed by atoms with Crippen molar-refractivity contribution >= 4 is 23.2 Å². The Bertz CT molecular complexity index is 1140.